The minimum Gasteiger partial charge on any atom is -0.507 e. The summed E-state index contributed by atoms with van der Waals surface area (Å²) in [6, 6.07) is 7.07. The molecule has 0 radical (unpaired) electrons. The van der Waals surface area contributed by atoms with Crippen molar-refractivity contribution in [1.82, 2.24) is 14.9 Å². The van der Waals surface area contributed by atoms with Crippen molar-refractivity contribution >= 4 is 22.8 Å². The van der Waals surface area contributed by atoms with Crippen LogP contribution in [0.5, 0.6) is 5.75 Å². The van der Waals surface area contributed by atoms with Crippen LogP contribution in [0.2, 0.25) is 5.02 Å². The first-order valence-corrected chi connectivity index (χ1v) is 9.32. The van der Waals surface area contributed by atoms with E-state index in [-0.39, 0.29) is 5.75 Å². The number of phenolic OH excluding ortho intramolecular Hbond substituents is 1. The molecule has 6 heteroatoms. The topological polar surface area (TPSA) is 62.4 Å². The van der Waals surface area contributed by atoms with Crippen molar-refractivity contribution in [2.75, 3.05) is 20.1 Å². The van der Waals surface area contributed by atoms with E-state index in [0.29, 0.717) is 33.4 Å². The fraction of sp³-hybridized carbons (Fsp3) is 0.400. The van der Waals surface area contributed by atoms with E-state index in [0.717, 1.165) is 24.4 Å². The summed E-state index contributed by atoms with van der Waals surface area (Å²) in [6.07, 6.45) is 3.26. The maximum atomic E-state index is 10.3. The molecule has 0 saturated carbocycles. The van der Waals surface area contributed by atoms with Crippen LogP contribution in [0.1, 0.15) is 24.3 Å². The lowest BCUT2D eigenvalue weighted by atomic mass is 9.95. The first-order valence-electron chi connectivity index (χ1n) is 8.94. The zero-order valence-electron chi connectivity index (χ0n) is 15.0. The van der Waals surface area contributed by atoms with Crippen molar-refractivity contribution in [1.29, 1.82) is 0 Å². The summed E-state index contributed by atoms with van der Waals surface area (Å²) in [4.78, 5) is 11.6. The molecule has 1 saturated heterocycles. The number of nitrogens with zero attached hydrogens (tertiary/aromatic N) is 3. The SMILES string of the molecule is Cc1cc(Cl)cc(O)c1-c1ccc2oc(CC3CCCN(C)C3)nc2n1. The maximum absolute atomic E-state index is 10.3. The Morgan fingerprint density at radius 3 is 2.92 bits per heavy atom. The van der Waals surface area contributed by atoms with Gasteiger partial charge in [0, 0.05) is 23.6 Å². The smallest absolute Gasteiger partial charge is 0.199 e. The standard InChI is InChI=1S/C20H22ClN3O2/c1-12-8-14(21)10-16(25)19(12)15-5-6-17-20(22-15)23-18(26-17)9-13-4-3-7-24(2)11-13/h5-6,8,10,13,25H,3-4,7,9,11H2,1-2H3. The first kappa shape index (κ1) is 17.3. The van der Waals surface area contributed by atoms with Crippen molar-refractivity contribution in [2.24, 2.45) is 5.92 Å². The van der Waals surface area contributed by atoms with Crippen LogP contribution in [0.3, 0.4) is 0 Å². The van der Waals surface area contributed by atoms with Crippen LogP contribution in [-0.2, 0) is 6.42 Å². The predicted molar refractivity (Wildman–Crippen MR) is 103 cm³/mol. The van der Waals surface area contributed by atoms with Gasteiger partial charge in [-0.05, 0) is 69.1 Å². The number of fused-ring (bicyclic) bond motifs is 1. The summed E-state index contributed by atoms with van der Waals surface area (Å²) in [5.74, 6) is 1.43. The molecule has 0 aliphatic carbocycles. The van der Waals surface area contributed by atoms with Gasteiger partial charge in [-0.1, -0.05) is 11.6 Å². The van der Waals surface area contributed by atoms with Gasteiger partial charge in [-0.25, -0.2) is 4.98 Å². The number of aryl methyl sites for hydroxylation is 1. The van der Waals surface area contributed by atoms with Crippen molar-refractivity contribution in [3.05, 3.63) is 40.7 Å². The van der Waals surface area contributed by atoms with E-state index in [1.165, 1.54) is 25.5 Å². The molecule has 4 rings (SSSR count). The number of phenols is 1. The highest BCUT2D eigenvalue weighted by molar-refractivity contribution is 6.31. The van der Waals surface area contributed by atoms with E-state index in [4.69, 9.17) is 16.0 Å². The second-order valence-electron chi connectivity index (χ2n) is 7.22. The quantitative estimate of drug-likeness (QED) is 0.737. The van der Waals surface area contributed by atoms with Gasteiger partial charge in [0.05, 0.1) is 5.69 Å². The Morgan fingerprint density at radius 2 is 2.15 bits per heavy atom. The molecule has 1 aliphatic rings. The third kappa shape index (κ3) is 3.41. The van der Waals surface area contributed by atoms with Crippen LogP contribution in [0.25, 0.3) is 22.5 Å². The van der Waals surface area contributed by atoms with Gasteiger partial charge in [-0.3, -0.25) is 0 Å². The molecule has 3 heterocycles. The van der Waals surface area contributed by atoms with Crippen LogP contribution >= 0.6 is 11.6 Å². The molecule has 3 aromatic rings. The fourth-order valence-corrected chi connectivity index (χ4v) is 4.10. The van der Waals surface area contributed by atoms with Crippen molar-refractivity contribution in [2.45, 2.75) is 26.2 Å². The van der Waals surface area contributed by atoms with Gasteiger partial charge in [0.1, 0.15) is 5.75 Å². The number of aromatic hydroxyl groups is 1. The Labute approximate surface area is 157 Å². The molecule has 0 amide bonds. The van der Waals surface area contributed by atoms with E-state index in [2.05, 4.69) is 21.9 Å². The monoisotopic (exact) mass is 371 g/mol. The van der Waals surface area contributed by atoms with Gasteiger partial charge in [-0.2, -0.15) is 4.98 Å². The van der Waals surface area contributed by atoms with Gasteiger partial charge in [0.25, 0.3) is 0 Å². The Morgan fingerprint density at radius 1 is 1.31 bits per heavy atom. The molecular weight excluding hydrogens is 350 g/mol. The average molecular weight is 372 g/mol. The molecule has 1 aliphatic heterocycles. The van der Waals surface area contributed by atoms with Crippen LogP contribution < -0.4 is 0 Å². The number of rotatable bonds is 3. The van der Waals surface area contributed by atoms with E-state index < -0.39 is 0 Å². The van der Waals surface area contributed by atoms with Gasteiger partial charge < -0.3 is 14.4 Å². The van der Waals surface area contributed by atoms with Crippen LogP contribution in [0, 0.1) is 12.8 Å². The summed E-state index contributed by atoms with van der Waals surface area (Å²) in [7, 11) is 2.16. The second-order valence-corrected chi connectivity index (χ2v) is 7.65. The zero-order valence-corrected chi connectivity index (χ0v) is 15.8. The zero-order chi connectivity index (χ0) is 18.3. The second kappa shape index (κ2) is 6.89. The Kier molecular flexibility index (Phi) is 4.59. The van der Waals surface area contributed by atoms with Gasteiger partial charge in [-0.15, -0.1) is 0 Å². The molecule has 136 valence electrons. The van der Waals surface area contributed by atoms with E-state index >= 15 is 0 Å². The van der Waals surface area contributed by atoms with E-state index in [1.807, 2.05) is 25.1 Å². The molecule has 1 N–H and O–H groups in total. The maximum Gasteiger partial charge on any atom is 0.199 e. The lowest BCUT2D eigenvalue weighted by Crippen LogP contribution is -2.33. The predicted octanol–water partition coefficient (Wildman–Crippen LogP) is 4.44. The normalized spacial score (nSPS) is 18.5. The molecular formula is C20H22ClN3O2. The number of hydrogen-bond acceptors (Lipinski definition) is 5. The third-order valence-electron chi connectivity index (χ3n) is 5.02. The van der Waals surface area contributed by atoms with Gasteiger partial charge in [0.15, 0.2) is 17.1 Å². The molecule has 1 aromatic carbocycles. The van der Waals surface area contributed by atoms with Crippen LogP contribution in [0.15, 0.2) is 28.7 Å². The van der Waals surface area contributed by atoms with E-state index in [9.17, 15) is 5.11 Å². The molecule has 1 unspecified atom stereocenters. The van der Waals surface area contributed by atoms with Crippen molar-refractivity contribution in [3.63, 3.8) is 0 Å². The van der Waals surface area contributed by atoms with E-state index in [1.54, 1.807) is 0 Å². The van der Waals surface area contributed by atoms with Gasteiger partial charge in [0.2, 0.25) is 0 Å². The van der Waals surface area contributed by atoms with Crippen molar-refractivity contribution in [3.8, 4) is 17.0 Å². The minimum atomic E-state index is 0.121. The highest BCUT2D eigenvalue weighted by atomic mass is 35.5. The average Bonchev–Trinajstić information content (AvgIpc) is 2.95. The molecule has 5 nitrogen and oxygen atoms in total. The number of halogens is 1. The lowest BCUT2D eigenvalue weighted by molar-refractivity contribution is 0.203. The first-order chi connectivity index (χ1) is 12.5. The largest absolute Gasteiger partial charge is 0.507 e. The van der Waals surface area contributed by atoms with Crippen LogP contribution in [0.4, 0.5) is 0 Å². The highest BCUT2D eigenvalue weighted by Crippen LogP contribution is 2.35. The van der Waals surface area contributed by atoms with Gasteiger partial charge >= 0.3 is 0 Å². The molecule has 26 heavy (non-hydrogen) atoms. The van der Waals surface area contributed by atoms with Crippen LogP contribution in [-0.4, -0.2) is 40.1 Å². The van der Waals surface area contributed by atoms with Crippen molar-refractivity contribution < 1.29 is 9.52 Å². The Bertz CT molecular complexity index is 930. The highest BCUT2D eigenvalue weighted by Gasteiger charge is 2.20. The molecule has 1 atom stereocenters. The summed E-state index contributed by atoms with van der Waals surface area (Å²) in [5.41, 5.74) is 3.47. The summed E-state index contributed by atoms with van der Waals surface area (Å²) >= 11 is 6.00. The number of likely N-dealkylation sites (tertiary alicyclic amines) is 1. The molecule has 2 aromatic heterocycles. The molecule has 0 spiro atoms. The number of oxazole rings is 1. The molecule has 0 bridgehead atoms. The summed E-state index contributed by atoms with van der Waals surface area (Å²) in [6.45, 7) is 4.15. The minimum absolute atomic E-state index is 0.121. The number of benzene rings is 1. The summed E-state index contributed by atoms with van der Waals surface area (Å²) in [5, 5.41) is 10.8. The summed E-state index contributed by atoms with van der Waals surface area (Å²) < 4.78 is 5.90. The Balaban J connectivity index is 1.64. The fourth-order valence-electron chi connectivity index (χ4n) is 3.84. The number of hydrogen-bond donors (Lipinski definition) is 1. The molecule has 1 fully saturated rings. The number of aromatic nitrogens is 2. The number of piperidine rings is 1. The number of pyridine rings is 1. The Hall–Kier alpha value is -2.11. The third-order valence-corrected chi connectivity index (χ3v) is 5.24. The lowest BCUT2D eigenvalue weighted by Gasteiger charge is -2.28.